The van der Waals surface area contributed by atoms with Gasteiger partial charge >= 0.3 is 0 Å². The van der Waals surface area contributed by atoms with E-state index >= 15 is 0 Å². The Morgan fingerprint density at radius 3 is 2.44 bits per heavy atom. The number of piperazine rings is 1. The fourth-order valence-corrected chi connectivity index (χ4v) is 4.08. The van der Waals surface area contributed by atoms with Crippen molar-refractivity contribution in [1.82, 2.24) is 9.21 Å². The van der Waals surface area contributed by atoms with Crippen LogP contribution in [0.2, 0.25) is 5.02 Å². The summed E-state index contributed by atoms with van der Waals surface area (Å²) in [7, 11) is -3.21. The topological polar surface area (TPSA) is 70.8 Å². The van der Waals surface area contributed by atoms with Gasteiger partial charge in [-0.3, -0.25) is 4.79 Å². The Labute approximate surface area is 152 Å². The van der Waals surface area contributed by atoms with E-state index < -0.39 is 10.0 Å². The fourth-order valence-electron chi connectivity index (χ4n) is 2.77. The second-order valence-corrected chi connectivity index (χ2v) is 8.40. The number of nitrogens with zero attached hydrogens (tertiary/aromatic N) is 2. The summed E-state index contributed by atoms with van der Waals surface area (Å²) in [5, 5.41) is 0.550. The molecule has 0 radical (unpaired) electrons. The molecule has 2 heterocycles. The minimum absolute atomic E-state index is 0.0698. The molecule has 0 spiro atoms. The van der Waals surface area contributed by atoms with Crippen LogP contribution in [0.5, 0.6) is 0 Å². The van der Waals surface area contributed by atoms with Gasteiger partial charge in [0.1, 0.15) is 5.76 Å². The minimum Gasteiger partial charge on any atom is -0.451 e. The number of amides is 1. The number of hydrogen-bond donors (Lipinski definition) is 0. The molecule has 8 heteroatoms. The molecular weight excluding hydrogens is 364 g/mol. The summed E-state index contributed by atoms with van der Waals surface area (Å²) >= 11 is 6.15. The van der Waals surface area contributed by atoms with E-state index in [9.17, 15) is 13.2 Å². The van der Waals surface area contributed by atoms with E-state index in [1.54, 1.807) is 30.0 Å². The lowest BCUT2D eigenvalue weighted by Crippen LogP contribution is -2.50. The van der Waals surface area contributed by atoms with Crippen LogP contribution in [0.3, 0.4) is 0 Å². The lowest BCUT2D eigenvalue weighted by molar-refractivity contribution is 0.0667. The van der Waals surface area contributed by atoms with Gasteiger partial charge in [0.05, 0.1) is 10.8 Å². The molecule has 1 amide bonds. The number of halogens is 1. The number of sulfonamides is 1. The van der Waals surface area contributed by atoms with Crippen LogP contribution < -0.4 is 0 Å². The molecule has 0 atom stereocenters. The van der Waals surface area contributed by atoms with Gasteiger partial charge in [-0.15, -0.1) is 0 Å². The second-order valence-electron chi connectivity index (χ2n) is 5.74. The van der Waals surface area contributed by atoms with E-state index in [-0.39, 0.29) is 17.4 Å². The third-order valence-corrected chi connectivity index (χ3v) is 6.45. The molecule has 1 aromatic heterocycles. The maximum Gasteiger partial charge on any atom is 0.289 e. The standard InChI is InChI=1S/C17H19ClN2O4S/c1-2-25(22,23)20-11-9-19(10-12-20)17(21)16-8-7-15(24-16)13-5-3-4-6-14(13)18/h3-8H,2,9-12H2,1H3. The van der Waals surface area contributed by atoms with Crippen LogP contribution in [0.15, 0.2) is 40.8 Å². The normalized spacial score (nSPS) is 16.2. The molecule has 0 bridgehead atoms. The molecule has 3 rings (SSSR count). The highest BCUT2D eigenvalue weighted by Crippen LogP contribution is 2.29. The smallest absolute Gasteiger partial charge is 0.289 e. The molecule has 25 heavy (non-hydrogen) atoms. The van der Waals surface area contributed by atoms with Gasteiger partial charge in [0.15, 0.2) is 5.76 Å². The summed E-state index contributed by atoms with van der Waals surface area (Å²) in [6.07, 6.45) is 0. The van der Waals surface area contributed by atoms with Gasteiger partial charge in [-0.25, -0.2) is 8.42 Å². The second kappa shape index (κ2) is 7.19. The predicted molar refractivity (Wildman–Crippen MR) is 96.1 cm³/mol. The average molecular weight is 383 g/mol. The highest BCUT2D eigenvalue weighted by molar-refractivity contribution is 7.89. The maximum atomic E-state index is 12.6. The third-order valence-electron chi connectivity index (χ3n) is 4.24. The molecule has 0 unspecified atom stereocenters. The number of rotatable bonds is 4. The van der Waals surface area contributed by atoms with E-state index in [1.165, 1.54) is 4.31 Å². The summed E-state index contributed by atoms with van der Waals surface area (Å²) in [6.45, 7) is 2.92. The Morgan fingerprint density at radius 2 is 1.80 bits per heavy atom. The Morgan fingerprint density at radius 1 is 1.12 bits per heavy atom. The number of carbonyl (C=O) groups is 1. The third kappa shape index (κ3) is 3.73. The van der Waals surface area contributed by atoms with Crippen molar-refractivity contribution >= 4 is 27.5 Å². The molecule has 1 aromatic carbocycles. The quantitative estimate of drug-likeness (QED) is 0.815. The highest BCUT2D eigenvalue weighted by Gasteiger charge is 2.29. The fraction of sp³-hybridized carbons (Fsp3) is 0.353. The molecule has 1 aliphatic heterocycles. The Bertz CT molecular complexity index is 870. The van der Waals surface area contributed by atoms with Crippen molar-refractivity contribution in [1.29, 1.82) is 0 Å². The van der Waals surface area contributed by atoms with E-state index in [0.717, 1.165) is 5.56 Å². The molecule has 6 nitrogen and oxygen atoms in total. The zero-order chi connectivity index (χ0) is 18.0. The van der Waals surface area contributed by atoms with Crippen LogP contribution in [-0.4, -0.2) is 55.5 Å². The zero-order valence-electron chi connectivity index (χ0n) is 13.8. The Balaban J connectivity index is 1.70. The van der Waals surface area contributed by atoms with Gasteiger partial charge in [-0.1, -0.05) is 23.7 Å². The van der Waals surface area contributed by atoms with Gasteiger partial charge in [-0.05, 0) is 31.2 Å². The first-order valence-electron chi connectivity index (χ1n) is 8.04. The van der Waals surface area contributed by atoms with Crippen LogP contribution in [0.25, 0.3) is 11.3 Å². The van der Waals surface area contributed by atoms with Crippen LogP contribution in [0, 0.1) is 0 Å². The molecule has 2 aromatic rings. The average Bonchev–Trinajstić information content (AvgIpc) is 3.11. The van der Waals surface area contributed by atoms with Gasteiger partial charge in [0.2, 0.25) is 10.0 Å². The zero-order valence-corrected chi connectivity index (χ0v) is 15.4. The van der Waals surface area contributed by atoms with Crippen molar-refractivity contribution in [2.45, 2.75) is 6.92 Å². The Kier molecular flexibility index (Phi) is 5.17. The minimum atomic E-state index is -3.21. The summed E-state index contributed by atoms with van der Waals surface area (Å²) in [5.74, 6) is 0.579. The lowest BCUT2D eigenvalue weighted by atomic mass is 10.2. The van der Waals surface area contributed by atoms with Crippen molar-refractivity contribution < 1.29 is 17.6 Å². The summed E-state index contributed by atoms with van der Waals surface area (Å²) < 4.78 is 30.9. The monoisotopic (exact) mass is 382 g/mol. The van der Waals surface area contributed by atoms with E-state index in [4.69, 9.17) is 16.0 Å². The number of benzene rings is 1. The van der Waals surface area contributed by atoms with Crippen molar-refractivity contribution in [2.75, 3.05) is 31.9 Å². The van der Waals surface area contributed by atoms with Gasteiger partial charge in [0.25, 0.3) is 5.91 Å². The maximum absolute atomic E-state index is 12.6. The van der Waals surface area contributed by atoms with Crippen molar-refractivity contribution in [3.63, 3.8) is 0 Å². The number of carbonyl (C=O) groups excluding carboxylic acids is 1. The van der Waals surface area contributed by atoms with E-state index in [0.29, 0.717) is 37.0 Å². The first kappa shape index (κ1) is 18.0. The molecule has 1 saturated heterocycles. The molecule has 0 saturated carbocycles. The first-order valence-corrected chi connectivity index (χ1v) is 10.0. The number of hydrogen-bond acceptors (Lipinski definition) is 4. The van der Waals surface area contributed by atoms with E-state index in [2.05, 4.69) is 0 Å². The molecule has 1 aliphatic rings. The number of furan rings is 1. The van der Waals surface area contributed by atoms with Gasteiger partial charge in [-0.2, -0.15) is 4.31 Å². The summed E-state index contributed by atoms with van der Waals surface area (Å²) in [6, 6.07) is 10.6. The molecule has 1 fully saturated rings. The largest absolute Gasteiger partial charge is 0.451 e. The van der Waals surface area contributed by atoms with Crippen molar-refractivity contribution in [2.24, 2.45) is 0 Å². The summed E-state index contributed by atoms with van der Waals surface area (Å²) in [5.41, 5.74) is 0.724. The lowest BCUT2D eigenvalue weighted by Gasteiger charge is -2.33. The highest BCUT2D eigenvalue weighted by atomic mass is 35.5. The molecule has 0 N–H and O–H groups in total. The van der Waals surface area contributed by atoms with Crippen molar-refractivity contribution in [3.8, 4) is 11.3 Å². The van der Waals surface area contributed by atoms with Crippen molar-refractivity contribution in [3.05, 3.63) is 47.2 Å². The summed E-state index contributed by atoms with van der Waals surface area (Å²) in [4.78, 5) is 14.2. The van der Waals surface area contributed by atoms with Crippen LogP contribution in [0.4, 0.5) is 0 Å². The van der Waals surface area contributed by atoms with E-state index in [1.807, 2.05) is 18.2 Å². The SMILES string of the molecule is CCS(=O)(=O)N1CCN(C(=O)c2ccc(-c3ccccc3Cl)o2)CC1. The Hall–Kier alpha value is -1.83. The molecular formula is C17H19ClN2O4S. The first-order chi connectivity index (χ1) is 11.9. The van der Waals surface area contributed by atoms with Gasteiger partial charge in [0, 0.05) is 31.7 Å². The van der Waals surface area contributed by atoms with Crippen LogP contribution >= 0.6 is 11.6 Å². The van der Waals surface area contributed by atoms with Crippen LogP contribution in [0.1, 0.15) is 17.5 Å². The molecule has 0 aliphatic carbocycles. The van der Waals surface area contributed by atoms with Crippen LogP contribution in [-0.2, 0) is 10.0 Å². The van der Waals surface area contributed by atoms with Gasteiger partial charge < -0.3 is 9.32 Å². The predicted octanol–water partition coefficient (Wildman–Crippen LogP) is 2.71. The molecule has 134 valence electrons.